The summed E-state index contributed by atoms with van der Waals surface area (Å²) in [6.45, 7) is 0. The lowest BCUT2D eigenvalue weighted by molar-refractivity contribution is 0.102. The van der Waals surface area contributed by atoms with Crippen LogP contribution in [0.1, 0.15) is 33.8 Å². The third-order valence-electron chi connectivity index (χ3n) is 4.09. The largest absolute Gasteiger partial charge is 0.316 e. The molecule has 0 aliphatic heterocycles. The van der Waals surface area contributed by atoms with Gasteiger partial charge in [-0.2, -0.15) is 0 Å². The van der Waals surface area contributed by atoms with Gasteiger partial charge in [0.15, 0.2) is 4.96 Å². The van der Waals surface area contributed by atoms with Gasteiger partial charge >= 0.3 is 0 Å². The van der Waals surface area contributed by atoms with E-state index < -0.39 is 0 Å². The average Bonchev–Trinajstić information content (AvgIpc) is 2.97. The number of anilines is 1. The number of benzene rings is 1. The van der Waals surface area contributed by atoms with Gasteiger partial charge in [-0.1, -0.05) is 18.2 Å². The fraction of sp³-hybridized carbons (Fsp3) is 0.235. The van der Waals surface area contributed by atoms with Crippen LogP contribution in [0.3, 0.4) is 0 Å². The van der Waals surface area contributed by atoms with E-state index in [-0.39, 0.29) is 17.2 Å². The van der Waals surface area contributed by atoms with Crippen LogP contribution in [0, 0.1) is 0 Å². The second kappa shape index (κ2) is 5.62. The van der Waals surface area contributed by atoms with Crippen LogP contribution >= 0.6 is 11.3 Å². The number of rotatable bonds is 2. The summed E-state index contributed by atoms with van der Waals surface area (Å²) in [6.07, 6.45) is 5.61. The second-order valence-corrected chi connectivity index (χ2v) is 6.66. The smallest absolute Gasteiger partial charge is 0.282 e. The van der Waals surface area contributed by atoms with Crippen molar-refractivity contribution in [2.75, 3.05) is 5.32 Å². The molecule has 0 unspecified atom stereocenters. The zero-order chi connectivity index (χ0) is 15.8. The van der Waals surface area contributed by atoms with Crippen LogP contribution in [-0.4, -0.2) is 15.3 Å². The van der Waals surface area contributed by atoms with Gasteiger partial charge < -0.3 is 5.32 Å². The van der Waals surface area contributed by atoms with Gasteiger partial charge in [0.05, 0.1) is 6.20 Å². The topological polar surface area (TPSA) is 63.5 Å². The van der Waals surface area contributed by atoms with Gasteiger partial charge in [0, 0.05) is 16.1 Å². The van der Waals surface area contributed by atoms with Crippen molar-refractivity contribution in [1.29, 1.82) is 0 Å². The lowest BCUT2D eigenvalue weighted by Gasteiger charge is -2.10. The van der Waals surface area contributed by atoms with E-state index in [1.807, 2.05) is 6.07 Å². The van der Waals surface area contributed by atoms with Gasteiger partial charge in [-0.3, -0.25) is 14.0 Å². The Morgan fingerprint density at radius 1 is 1.17 bits per heavy atom. The molecule has 2 aromatic heterocycles. The van der Waals surface area contributed by atoms with Crippen LogP contribution in [0.2, 0.25) is 0 Å². The lowest BCUT2D eigenvalue weighted by atomic mass is 10.0. The summed E-state index contributed by atoms with van der Waals surface area (Å²) in [6, 6.07) is 8.85. The molecule has 0 saturated carbocycles. The Hall–Kier alpha value is -2.47. The molecule has 2 heterocycles. The predicted molar refractivity (Wildman–Crippen MR) is 90.4 cm³/mol. The Labute approximate surface area is 136 Å². The molecule has 0 radical (unpaired) electrons. The number of nitrogens with zero attached hydrogens (tertiary/aromatic N) is 2. The van der Waals surface area contributed by atoms with Crippen molar-refractivity contribution in [3.05, 3.63) is 63.0 Å². The highest BCUT2D eigenvalue weighted by molar-refractivity contribution is 7.17. The van der Waals surface area contributed by atoms with Gasteiger partial charge in [0.25, 0.3) is 11.5 Å². The van der Waals surface area contributed by atoms with Crippen LogP contribution in [0.25, 0.3) is 4.96 Å². The Kier molecular flexibility index (Phi) is 3.46. The maximum Gasteiger partial charge on any atom is 0.282 e. The number of hydrogen-bond acceptors (Lipinski definition) is 4. The van der Waals surface area contributed by atoms with Crippen LogP contribution in [0.5, 0.6) is 0 Å². The molecular formula is C17H15N3O2S. The van der Waals surface area contributed by atoms with Crippen molar-refractivity contribution < 1.29 is 4.79 Å². The summed E-state index contributed by atoms with van der Waals surface area (Å²) >= 11 is 1.58. The number of carbonyl (C=O) groups excluding carboxylic acids is 1. The molecule has 4 rings (SSSR count). The average molecular weight is 325 g/mol. The van der Waals surface area contributed by atoms with Gasteiger partial charge in [-0.15, -0.1) is 11.3 Å². The fourth-order valence-corrected chi connectivity index (χ4v) is 4.11. The molecule has 1 N–H and O–H groups in total. The molecular weight excluding hydrogens is 310 g/mol. The monoisotopic (exact) mass is 325 g/mol. The summed E-state index contributed by atoms with van der Waals surface area (Å²) < 4.78 is 1.67. The molecule has 23 heavy (non-hydrogen) atoms. The van der Waals surface area contributed by atoms with Crippen molar-refractivity contribution in [1.82, 2.24) is 9.38 Å². The lowest BCUT2D eigenvalue weighted by Crippen LogP contribution is -2.24. The van der Waals surface area contributed by atoms with Gasteiger partial charge in [0.1, 0.15) is 5.69 Å². The first-order valence-corrected chi connectivity index (χ1v) is 8.44. The van der Waals surface area contributed by atoms with Crippen LogP contribution in [0.15, 0.2) is 41.3 Å². The molecule has 5 nitrogen and oxygen atoms in total. The molecule has 0 bridgehead atoms. The van der Waals surface area contributed by atoms with Gasteiger partial charge in [-0.05, 0) is 37.8 Å². The fourth-order valence-electron chi connectivity index (χ4n) is 2.94. The number of amides is 1. The van der Waals surface area contributed by atoms with E-state index in [0.717, 1.165) is 31.4 Å². The number of thiazole rings is 1. The van der Waals surface area contributed by atoms with E-state index in [1.54, 1.807) is 40.0 Å². The van der Waals surface area contributed by atoms with E-state index in [9.17, 15) is 9.59 Å². The summed E-state index contributed by atoms with van der Waals surface area (Å²) in [5.74, 6) is -0.298. The quantitative estimate of drug-likeness (QED) is 0.788. The first-order valence-electron chi connectivity index (χ1n) is 7.63. The van der Waals surface area contributed by atoms with Crippen molar-refractivity contribution >= 4 is 27.9 Å². The number of aryl methyl sites for hydroxylation is 2. The highest BCUT2D eigenvalue weighted by atomic mass is 32.1. The Morgan fingerprint density at radius 2 is 1.96 bits per heavy atom. The minimum Gasteiger partial charge on any atom is -0.316 e. The normalized spacial score (nSPS) is 13.7. The number of nitrogens with one attached hydrogen (secondary N) is 1. The maximum absolute atomic E-state index is 12.7. The SMILES string of the molecule is O=C(Nc1cnc2sc3c(n2c1=O)CCCC3)c1ccccc1. The second-order valence-electron chi connectivity index (χ2n) is 5.59. The zero-order valence-corrected chi connectivity index (χ0v) is 13.2. The number of fused-ring (bicyclic) bond motifs is 3. The maximum atomic E-state index is 12.7. The van der Waals surface area contributed by atoms with E-state index in [2.05, 4.69) is 10.3 Å². The highest BCUT2D eigenvalue weighted by Crippen LogP contribution is 2.28. The molecule has 1 amide bonds. The number of carbonyl (C=O) groups is 1. The van der Waals surface area contributed by atoms with Crippen LogP contribution in [0.4, 0.5) is 5.69 Å². The molecule has 1 aromatic carbocycles. The number of aromatic nitrogens is 2. The standard InChI is InChI=1S/C17H15N3O2S/c21-15(11-6-2-1-3-7-11)19-12-10-18-17-20(16(12)22)13-8-4-5-9-14(13)23-17/h1-3,6-7,10H,4-5,8-9H2,(H,19,21). The first-order chi connectivity index (χ1) is 11.2. The molecule has 0 atom stereocenters. The van der Waals surface area contributed by atoms with Crippen molar-refractivity contribution in [3.8, 4) is 0 Å². The highest BCUT2D eigenvalue weighted by Gasteiger charge is 2.19. The molecule has 0 fully saturated rings. The molecule has 0 spiro atoms. The molecule has 6 heteroatoms. The molecule has 0 saturated heterocycles. The molecule has 1 aliphatic carbocycles. The van der Waals surface area contributed by atoms with Crippen molar-refractivity contribution in [3.63, 3.8) is 0 Å². The van der Waals surface area contributed by atoms with Crippen LogP contribution < -0.4 is 10.9 Å². The number of hydrogen-bond donors (Lipinski definition) is 1. The van der Waals surface area contributed by atoms with Gasteiger partial charge in [-0.25, -0.2) is 4.98 Å². The van der Waals surface area contributed by atoms with E-state index in [1.165, 1.54) is 11.1 Å². The van der Waals surface area contributed by atoms with Crippen LogP contribution in [-0.2, 0) is 12.8 Å². The minimum absolute atomic E-state index is 0.196. The van der Waals surface area contributed by atoms with Gasteiger partial charge in [0.2, 0.25) is 0 Å². The van der Waals surface area contributed by atoms with Crippen molar-refractivity contribution in [2.24, 2.45) is 0 Å². The Bertz CT molecular complexity index is 944. The summed E-state index contributed by atoms with van der Waals surface area (Å²) in [7, 11) is 0. The van der Waals surface area contributed by atoms with E-state index >= 15 is 0 Å². The summed E-state index contributed by atoms with van der Waals surface area (Å²) in [5.41, 5.74) is 1.61. The summed E-state index contributed by atoms with van der Waals surface area (Å²) in [4.78, 5) is 31.3. The minimum atomic E-state index is -0.298. The Morgan fingerprint density at radius 3 is 2.78 bits per heavy atom. The summed E-state index contributed by atoms with van der Waals surface area (Å²) in [5, 5.41) is 2.69. The third kappa shape index (κ3) is 2.45. The zero-order valence-electron chi connectivity index (χ0n) is 12.4. The Balaban J connectivity index is 1.75. The van der Waals surface area contributed by atoms with E-state index in [0.29, 0.717) is 10.5 Å². The third-order valence-corrected chi connectivity index (χ3v) is 5.24. The molecule has 116 valence electrons. The first kappa shape index (κ1) is 14.1. The van der Waals surface area contributed by atoms with E-state index in [4.69, 9.17) is 0 Å². The molecule has 1 aliphatic rings. The van der Waals surface area contributed by atoms with Crippen molar-refractivity contribution in [2.45, 2.75) is 25.7 Å². The molecule has 3 aromatic rings. The predicted octanol–water partition coefficient (Wildman–Crippen LogP) is 2.89.